The Balaban J connectivity index is 2.15. The van der Waals surface area contributed by atoms with Crippen LogP contribution < -0.4 is 5.32 Å². The van der Waals surface area contributed by atoms with Crippen LogP contribution >= 0.6 is 15.9 Å². The van der Waals surface area contributed by atoms with Gasteiger partial charge in [-0.2, -0.15) is 0 Å². The van der Waals surface area contributed by atoms with Crippen molar-refractivity contribution in [3.05, 3.63) is 70.2 Å². The second-order valence-corrected chi connectivity index (χ2v) is 5.27. The quantitative estimate of drug-likeness (QED) is 0.866. The Morgan fingerprint density at radius 2 is 1.67 bits per heavy atom. The van der Waals surface area contributed by atoms with Crippen molar-refractivity contribution < 1.29 is 0 Å². The van der Waals surface area contributed by atoms with Crippen LogP contribution in [0, 0.1) is 0 Å². The zero-order valence-electron chi connectivity index (χ0n) is 10.6. The van der Waals surface area contributed by atoms with Crippen molar-refractivity contribution in [2.24, 2.45) is 0 Å². The molecule has 0 aliphatic carbocycles. The lowest BCUT2D eigenvalue weighted by Gasteiger charge is -2.18. The van der Waals surface area contributed by atoms with Gasteiger partial charge in [-0.25, -0.2) is 0 Å². The molecule has 0 amide bonds. The standard InChI is InChI=1S/C16H18BrN/c1-2-18-16(12-13-6-4-3-5-7-13)14-8-10-15(17)11-9-14/h3-11,16,18H,2,12H2,1H3. The normalized spacial score (nSPS) is 12.3. The second kappa shape index (κ2) is 6.72. The van der Waals surface area contributed by atoms with Gasteiger partial charge in [0.1, 0.15) is 0 Å². The van der Waals surface area contributed by atoms with Crippen LogP contribution in [-0.4, -0.2) is 6.54 Å². The van der Waals surface area contributed by atoms with Crippen LogP contribution in [0.25, 0.3) is 0 Å². The summed E-state index contributed by atoms with van der Waals surface area (Å²) in [6.45, 7) is 3.13. The number of hydrogen-bond donors (Lipinski definition) is 1. The second-order valence-electron chi connectivity index (χ2n) is 4.35. The van der Waals surface area contributed by atoms with E-state index < -0.39 is 0 Å². The number of nitrogens with one attached hydrogen (secondary N) is 1. The van der Waals surface area contributed by atoms with Crippen molar-refractivity contribution in [1.82, 2.24) is 5.32 Å². The minimum atomic E-state index is 0.380. The molecule has 0 aliphatic heterocycles. The van der Waals surface area contributed by atoms with Crippen molar-refractivity contribution >= 4 is 15.9 Å². The van der Waals surface area contributed by atoms with Crippen molar-refractivity contribution in [1.29, 1.82) is 0 Å². The predicted molar refractivity (Wildman–Crippen MR) is 80.7 cm³/mol. The minimum Gasteiger partial charge on any atom is -0.310 e. The summed E-state index contributed by atoms with van der Waals surface area (Å²) in [5.41, 5.74) is 2.70. The molecule has 18 heavy (non-hydrogen) atoms. The summed E-state index contributed by atoms with van der Waals surface area (Å²) < 4.78 is 1.13. The molecule has 1 unspecified atom stereocenters. The zero-order chi connectivity index (χ0) is 12.8. The van der Waals surface area contributed by atoms with E-state index >= 15 is 0 Å². The summed E-state index contributed by atoms with van der Waals surface area (Å²) in [5.74, 6) is 0. The lowest BCUT2D eigenvalue weighted by atomic mass is 9.99. The van der Waals surface area contributed by atoms with E-state index in [1.807, 2.05) is 0 Å². The van der Waals surface area contributed by atoms with Crippen molar-refractivity contribution in [3.63, 3.8) is 0 Å². The highest BCUT2D eigenvalue weighted by Gasteiger charge is 2.10. The Labute approximate surface area is 117 Å². The molecule has 0 aliphatic rings. The first-order valence-electron chi connectivity index (χ1n) is 6.32. The molecule has 2 aromatic carbocycles. The molecule has 0 heterocycles. The van der Waals surface area contributed by atoms with Gasteiger partial charge in [0.25, 0.3) is 0 Å². The van der Waals surface area contributed by atoms with E-state index in [0.29, 0.717) is 6.04 Å². The Bertz CT molecular complexity index is 464. The fourth-order valence-corrected chi connectivity index (χ4v) is 2.36. The molecule has 1 atom stereocenters. The summed E-state index contributed by atoms with van der Waals surface area (Å²) in [5, 5.41) is 3.55. The highest BCUT2D eigenvalue weighted by atomic mass is 79.9. The van der Waals surface area contributed by atoms with Crippen molar-refractivity contribution in [2.75, 3.05) is 6.54 Å². The van der Waals surface area contributed by atoms with Crippen LogP contribution in [0.4, 0.5) is 0 Å². The van der Waals surface area contributed by atoms with Gasteiger partial charge in [0.05, 0.1) is 0 Å². The van der Waals surface area contributed by atoms with Gasteiger partial charge in [0, 0.05) is 10.5 Å². The minimum absolute atomic E-state index is 0.380. The van der Waals surface area contributed by atoms with E-state index in [2.05, 4.69) is 82.8 Å². The van der Waals surface area contributed by atoms with E-state index in [0.717, 1.165) is 17.4 Å². The molecular weight excluding hydrogens is 286 g/mol. The number of halogens is 1. The first-order valence-corrected chi connectivity index (χ1v) is 7.11. The smallest absolute Gasteiger partial charge is 0.0360 e. The fraction of sp³-hybridized carbons (Fsp3) is 0.250. The van der Waals surface area contributed by atoms with Gasteiger partial charge in [-0.3, -0.25) is 0 Å². The molecule has 0 spiro atoms. The summed E-state index contributed by atoms with van der Waals surface area (Å²) in [7, 11) is 0. The number of benzene rings is 2. The number of likely N-dealkylation sites (N-methyl/N-ethyl adjacent to an activating group) is 1. The average Bonchev–Trinajstić information content (AvgIpc) is 2.40. The molecule has 0 radical (unpaired) electrons. The van der Waals surface area contributed by atoms with Crippen LogP contribution in [0.3, 0.4) is 0 Å². The third-order valence-electron chi connectivity index (χ3n) is 3.01. The molecule has 2 aromatic rings. The fourth-order valence-electron chi connectivity index (χ4n) is 2.10. The van der Waals surface area contributed by atoms with Crippen LogP contribution in [0.5, 0.6) is 0 Å². The van der Waals surface area contributed by atoms with Gasteiger partial charge >= 0.3 is 0 Å². The van der Waals surface area contributed by atoms with E-state index in [1.54, 1.807) is 0 Å². The maximum absolute atomic E-state index is 3.55. The number of hydrogen-bond acceptors (Lipinski definition) is 1. The topological polar surface area (TPSA) is 12.0 Å². The third kappa shape index (κ3) is 3.69. The molecule has 0 fully saturated rings. The SMILES string of the molecule is CCNC(Cc1ccccc1)c1ccc(Br)cc1. The Morgan fingerprint density at radius 3 is 2.28 bits per heavy atom. The van der Waals surface area contributed by atoms with Gasteiger partial charge in [0.2, 0.25) is 0 Å². The van der Waals surface area contributed by atoms with Crippen molar-refractivity contribution in [2.45, 2.75) is 19.4 Å². The molecule has 2 heteroatoms. The summed E-state index contributed by atoms with van der Waals surface area (Å²) in [4.78, 5) is 0. The lowest BCUT2D eigenvalue weighted by molar-refractivity contribution is 0.550. The third-order valence-corrected chi connectivity index (χ3v) is 3.53. The molecule has 0 saturated heterocycles. The van der Waals surface area contributed by atoms with Gasteiger partial charge in [-0.05, 0) is 36.2 Å². The number of rotatable bonds is 5. The highest BCUT2D eigenvalue weighted by molar-refractivity contribution is 9.10. The van der Waals surface area contributed by atoms with Gasteiger partial charge < -0.3 is 5.32 Å². The van der Waals surface area contributed by atoms with Crippen LogP contribution in [0.2, 0.25) is 0 Å². The first-order chi connectivity index (χ1) is 8.79. The molecule has 1 N–H and O–H groups in total. The largest absolute Gasteiger partial charge is 0.310 e. The molecule has 0 saturated carbocycles. The van der Waals surface area contributed by atoms with Gasteiger partial charge in [-0.1, -0.05) is 65.3 Å². The Hall–Kier alpha value is -1.12. The van der Waals surface area contributed by atoms with Crippen molar-refractivity contribution in [3.8, 4) is 0 Å². The lowest BCUT2D eigenvalue weighted by Crippen LogP contribution is -2.22. The molecular formula is C16H18BrN. The van der Waals surface area contributed by atoms with E-state index in [4.69, 9.17) is 0 Å². The van der Waals surface area contributed by atoms with Gasteiger partial charge in [0.15, 0.2) is 0 Å². The Morgan fingerprint density at radius 1 is 1.00 bits per heavy atom. The molecule has 2 rings (SSSR count). The molecule has 0 aromatic heterocycles. The monoisotopic (exact) mass is 303 g/mol. The average molecular weight is 304 g/mol. The predicted octanol–water partition coefficient (Wildman–Crippen LogP) is 4.34. The molecule has 1 nitrogen and oxygen atoms in total. The molecule has 0 bridgehead atoms. The Kier molecular flexibility index (Phi) is 4.97. The summed E-state index contributed by atoms with van der Waals surface area (Å²) in [6.07, 6.45) is 1.02. The van der Waals surface area contributed by atoms with Crippen LogP contribution in [-0.2, 0) is 6.42 Å². The first kappa shape index (κ1) is 13.3. The van der Waals surface area contributed by atoms with E-state index in [9.17, 15) is 0 Å². The van der Waals surface area contributed by atoms with Crippen LogP contribution in [0.1, 0.15) is 24.1 Å². The summed E-state index contributed by atoms with van der Waals surface area (Å²) in [6, 6.07) is 19.6. The maximum Gasteiger partial charge on any atom is 0.0360 e. The molecule has 94 valence electrons. The zero-order valence-corrected chi connectivity index (χ0v) is 12.2. The van der Waals surface area contributed by atoms with Crippen LogP contribution in [0.15, 0.2) is 59.1 Å². The van der Waals surface area contributed by atoms with E-state index in [1.165, 1.54) is 11.1 Å². The summed E-state index contributed by atoms with van der Waals surface area (Å²) >= 11 is 3.48. The highest BCUT2D eigenvalue weighted by Crippen LogP contribution is 2.20. The van der Waals surface area contributed by atoms with Gasteiger partial charge in [-0.15, -0.1) is 0 Å². The maximum atomic E-state index is 3.55. The van der Waals surface area contributed by atoms with E-state index in [-0.39, 0.29) is 0 Å².